The van der Waals surface area contributed by atoms with Gasteiger partial charge in [-0.15, -0.1) is 0 Å². The van der Waals surface area contributed by atoms with E-state index >= 15 is 0 Å². The highest BCUT2D eigenvalue weighted by Crippen LogP contribution is 2.17. The van der Waals surface area contributed by atoms with E-state index in [1.807, 2.05) is 48.5 Å². The molecule has 18 heavy (non-hydrogen) atoms. The first-order valence-corrected chi connectivity index (χ1v) is 6.37. The second-order valence-corrected chi connectivity index (χ2v) is 4.62. The van der Waals surface area contributed by atoms with Gasteiger partial charge in [0.05, 0.1) is 0 Å². The van der Waals surface area contributed by atoms with Crippen molar-refractivity contribution in [2.75, 3.05) is 6.79 Å². The summed E-state index contributed by atoms with van der Waals surface area (Å²) in [5.41, 5.74) is 6.60. The molecule has 2 rings (SSSR count). The van der Waals surface area contributed by atoms with Crippen LogP contribution in [0.15, 0.2) is 53.0 Å². The molecule has 0 aliphatic heterocycles. The Morgan fingerprint density at radius 3 is 1.83 bits per heavy atom. The van der Waals surface area contributed by atoms with E-state index in [9.17, 15) is 0 Å². The molecule has 0 aliphatic rings. The normalized spacial score (nSPS) is 10.1. The van der Waals surface area contributed by atoms with Crippen LogP contribution in [0.25, 0.3) is 0 Å². The Morgan fingerprint density at radius 1 is 0.833 bits per heavy atom. The zero-order chi connectivity index (χ0) is 12.8. The van der Waals surface area contributed by atoms with Gasteiger partial charge in [0, 0.05) is 11.0 Å². The lowest BCUT2D eigenvalue weighted by molar-refractivity contribution is 0.120. The van der Waals surface area contributed by atoms with Crippen molar-refractivity contribution in [3.8, 4) is 11.5 Å². The molecule has 0 aromatic heterocycles. The highest BCUT2D eigenvalue weighted by molar-refractivity contribution is 9.10. The van der Waals surface area contributed by atoms with Crippen LogP contribution < -0.4 is 15.2 Å². The third-order valence-electron chi connectivity index (χ3n) is 2.42. The molecule has 2 aromatic carbocycles. The Bertz CT molecular complexity index is 482. The van der Waals surface area contributed by atoms with Crippen LogP contribution in [0.2, 0.25) is 0 Å². The van der Waals surface area contributed by atoms with E-state index in [1.165, 1.54) is 0 Å². The number of benzene rings is 2. The number of rotatable bonds is 5. The van der Waals surface area contributed by atoms with Crippen molar-refractivity contribution in [3.05, 3.63) is 58.6 Å². The quantitative estimate of drug-likeness (QED) is 0.862. The third-order valence-corrected chi connectivity index (χ3v) is 2.95. The number of halogens is 1. The van der Waals surface area contributed by atoms with Gasteiger partial charge in [-0.25, -0.2) is 0 Å². The number of hydrogen-bond donors (Lipinski definition) is 1. The Labute approximate surface area is 115 Å². The molecule has 2 N–H and O–H groups in total. The van der Waals surface area contributed by atoms with Crippen molar-refractivity contribution >= 4 is 15.9 Å². The van der Waals surface area contributed by atoms with Gasteiger partial charge in [0.25, 0.3) is 0 Å². The zero-order valence-corrected chi connectivity index (χ0v) is 11.4. The zero-order valence-electron chi connectivity index (χ0n) is 9.80. The van der Waals surface area contributed by atoms with Crippen LogP contribution in [0, 0.1) is 0 Å². The van der Waals surface area contributed by atoms with Crippen molar-refractivity contribution in [3.63, 3.8) is 0 Å². The van der Waals surface area contributed by atoms with E-state index in [2.05, 4.69) is 15.9 Å². The minimum atomic E-state index is 0.184. The summed E-state index contributed by atoms with van der Waals surface area (Å²) in [6.07, 6.45) is 0. The number of ether oxygens (including phenoxy) is 2. The number of nitrogens with two attached hydrogens (primary N) is 1. The third kappa shape index (κ3) is 3.75. The molecule has 94 valence electrons. The van der Waals surface area contributed by atoms with Crippen molar-refractivity contribution in [2.45, 2.75) is 6.54 Å². The van der Waals surface area contributed by atoms with Crippen LogP contribution in [0.4, 0.5) is 0 Å². The second kappa shape index (κ2) is 6.42. The van der Waals surface area contributed by atoms with E-state index < -0.39 is 0 Å². The average molecular weight is 308 g/mol. The van der Waals surface area contributed by atoms with Crippen LogP contribution in [-0.2, 0) is 6.54 Å². The summed E-state index contributed by atoms with van der Waals surface area (Å²) in [6, 6.07) is 15.2. The summed E-state index contributed by atoms with van der Waals surface area (Å²) in [5.74, 6) is 1.54. The Hall–Kier alpha value is -1.52. The molecular formula is C14H14BrNO2. The smallest absolute Gasteiger partial charge is 0.230 e. The van der Waals surface area contributed by atoms with E-state index in [0.717, 1.165) is 21.5 Å². The minimum absolute atomic E-state index is 0.184. The summed E-state index contributed by atoms with van der Waals surface area (Å²) in [4.78, 5) is 0. The SMILES string of the molecule is NCc1ccc(OCOc2ccc(Br)cc2)cc1. The maximum absolute atomic E-state index is 5.52. The lowest BCUT2D eigenvalue weighted by Gasteiger charge is -2.08. The topological polar surface area (TPSA) is 44.5 Å². The molecule has 0 fully saturated rings. The van der Waals surface area contributed by atoms with Gasteiger partial charge in [-0.3, -0.25) is 0 Å². The average Bonchev–Trinajstić information content (AvgIpc) is 2.42. The molecule has 0 spiro atoms. The van der Waals surface area contributed by atoms with Gasteiger partial charge < -0.3 is 15.2 Å². The predicted octanol–water partition coefficient (Wildman–Crippen LogP) is 3.32. The summed E-state index contributed by atoms with van der Waals surface area (Å²) >= 11 is 3.37. The molecule has 0 atom stereocenters. The Morgan fingerprint density at radius 2 is 1.33 bits per heavy atom. The molecule has 0 saturated carbocycles. The van der Waals surface area contributed by atoms with Gasteiger partial charge in [-0.05, 0) is 42.0 Å². The summed E-state index contributed by atoms with van der Waals surface area (Å²) in [6.45, 7) is 0.722. The lowest BCUT2D eigenvalue weighted by Crippen LogP contribution is -2.05. The molecule has 3 nitrogen and oxygen atoms in total. The Balaban J connectivity index is 1.82. The maximum Gasteiger partial charge on any atom is 0.230 e. The van der Waals surface area contributed by atoms with Crippen molar-refractivity contribution in [1.29, 1.82) is 0 Å². The molecule has 2 aromatic rings. The van der Waals surface area contributed by atoms with Gasteiger partial charge in [0.15, 0.2) is 0 Å². The monoisotopic (exact) mass is 307 g/mol. The first-order chi connectivity index (χ1) is 8.78. The van der Waals surface area contributed by atoms with E-state index in [4.69, 9.17) is 15.2 Å². The highest BCUT2D eigenvalue weighted by Gasteiger charge is 1.96. The molecular weight excluding hydrogens is 294 g/mol. The molecule has 0 heterocycles. The van der Waals surface area contributed by atoms with Crippen molar-refractivity contribution in [1.82, 2.24) is 0 Å². The van der Waals surface area contributed by atoms with Crippen LogP contribution in [0.1, 0.15) is 5.56 Å². The number of hydrogen-bond acceptors (Lipinski definition) is 3. The molecule has 0 saturated heterocycles. The van der Waals surface area contributed by atoms with Gasteiger partial charge in [-0.1, -0.05) is 28.1 Å². The first kappa shape index (κ1) is 12.9. The highest BCUT2D eigenvalue weighted by atomic mass is 79.9. The van der Waals surface area contributed by atoms with Crippen LogP contribution in [-0.4, -0.2) is 6.79 Å². The fourth-order valence-corrected chi connectivity index (χ4v) is 1.68. The lowest BCUT2D eigenvalue weighted by atomic mass is 10.2. The van der Waals surface area contributed by atoms with E-state index in [1.54, 1.807) is 0 Å². The maximum atomic E-state index is 5.52. The van der Waals surface area contributed by atoms with Gasteiger partial charge in [0.2, 0.25) is 6.79 Å². The molecule has 0 radical (unpaired) electrons. The van der Waals surface area contributed by atoms with Gasteiger partial charge >= 0.3 is 0 Å². The fourth-order valence-electron chi connectivity index (χ4n) is 1.42. The fraction of sp³-hybridized carbons (Fsp3) is 0.143. The van der Waals surface area contributed by atoms with Crippen LogP contribution in [0.5, 0.6) is 11.5 Å². The second-order valence-electron chi connectivity index (χ2n) is 3.71. The largest absolute Gasteiger partial charge is 0.458 e. The first-order valence-electron chi connectivity index (χ1n) is 5.58. The van der Waals surface area contributed by atoms with Gasteiger partial charge in [0.1, 0.15) is 11.5 Å². The molecule has 4 heteroatoms. The molecule has 0 bridgehead atoms. The van der Waals surface area contributed by atoms with Crippen molar-refractivity contribution in [2.24, 2.45) is 5.73 Å². The van der Waals surface area contributed by atoms with Crippen LogP contribution in [0.3, 0.4) is 0 Å². The Kier molecular flexibility index (Phi) is 4.61. The van der Waals surface area contributed by atoms with Crippen molar-refractivity contribution < 1.29 is 9.47 Å². The summed E-state index contributed by atoms with van der Waals surface area (Å²) in [5, 5.41) is 0. The molecule has 0 amide bonds. The van der Waals surface area contributed by atoms with Crippen LogP contribution >= 0.6 is 15.9 Å². The summed E-state index contributed by atoms with van der Waals surface area (Å²) in [7, 11) is 0. The van der Waals surface area contributed by atoms with Gasteiger partial charge in [-0.2, -0.15) is 0 Å². The molecule has 0 unspecified atom stereocenters. The molecule has 0 aliphatic carbocycles. The van der Waals surface area contributed by atoms with E-state index in [0.29, 0.717) is 6.54 Å². The predicted molar refractivity (Wildman–Crippen MR) is 74.6 cm³/mol. The minimum Gasteiger partial charge on any atom is -0.458 e. The standard InChI is InChI=1S/C14H14BrNO2/c15-12-3-7-14(8-4-12)18-10-17-13-5-1-11(9-16)2-6-13/h1-8H,9-10,16H2. The van der Waals surface area contributed by atoms with E-state index in [-0.39, 0.29) is 6.79 Å². The summed E-state index contributed by atoms with van der Waals surface area (Å²) < 4.78 is 11.9.